The van der Waals surface area contributed by atoms with Crippen molar-refractivity contribution < 1.29 is 19.1 Å². The van der Waals surface area contributed by atoms with Crippen LogP contribution in [0, 0.1) is 0 Å². The molecule has 0 spiro atoms. The fourth-order valence-corrected chi connectivity index (χ4v) is 3.06. The van der Waals surface area contributed by atoms with Gasteiger partial charge in [-0.3, -0.25) is 24.3 Å². The van der Waals surface area contributed by atoms with Gasteiger partial charge in [-0.1, -0.05) is 0 Å². The quantitative estimate of drug-likeness (QED) is 0.533. The van der Waals surface area contributed by atoms with Gasteiger partial charge >= 0.3 is 5.97 Å². The number of hydrogen-bond donors (Lipinski definition) is 3. The van der Waals surface area contributed by atoms with Crippen LogP contribution in [0.3, 0.4) is 0 Å². The second-order valence-electron chi connectivity index (χ2n) is 6.42. The summed E-state index contributed by atoms with van der Waals surface area (Å²) in [6.07, 6.45) is 1.98. The van der Waals surface area contributed by atoms with Gasteiger partial charge in [0.15, 0.2) is 0 Å². The Labute approximate surface area is 153 Å². The second kappa shape index (κ2) is 5.97. The molecule has 9 heteroatoms. The number of nitrogen functional groups attached to an aromatic ring is 1. The lowest BCUT2D eigenvalue weighted by Gasteiger charge is -2.17. The molecule has 138 valence electrons. The maximum atomic E-state index is 12.7. The molecule has 0 atom stereocenters. The minimum Gasteiger partial charge on any atom is -0.465 e. The number of carbonyl (C=O) groups is 3. The van der Waals surface area contributed by atoms with Crippen molar-refractivity contribution >= 4 is 29.3 Å². The van der Waals surface area contributed by atoms with E-state index in [2.05, 4.69) is 10.6 Å². The van der Waals surface area contributed by atoms with Crippen molar-refractivity contribution in [3.63, 3.8) is 0 Å². The molecule has 1 fully saturated rings. The molecule has 2 aliphatic rings. The second-order valence-corrected chi connectivity index (χ2v) is 6.42. The van der Waals surface area contributed by atoms with Crippen molar-refractivity contribution in [3.8, 4) is 5.69 Å². The molecule has 0 bridgehead atoms. The van der Waals surface area contributed by atoms with Crippen LogP contribution in [0.15, 0.2) is 29.1 Å². The number of hydrogen-bond acceptors (Lipinski definition) is 7. The third kappa shape index (κ3) is 2.73. The lowest BCUT2D eigenvalue weighted by molar-refractivity contribution is 0.0600. The highest BCUT2D eigenvalue weighted by atomic mass is 16.5. The first-order valence-electron chi connectivity index (χ1n) is 8.31. The Morgan fingerprint density at radius 3 is 2.63 bits per heavy atom. The Kier molecular flexibility index (Phi) is 3.72. The van der Waals surface area contributed by atoms with Gasteiger partial charge in [-0.05, 0) is 31.0 Å². The third-order valence-electron chi connectivity index (χ3n) is 4.55. The molecule has 27 heavy (non-hydrogen) atoms. The molecule has 0 radical (unpaired) electrons. The van der Waals surface area contributed by atoms with Crippen LogP contribution in [0.5, 0.6) is 0 Å². The van der Waals surface area contributed by atoms with E-state index in [1.165, 1.54) is 13.2 Å². The molecule has 1 aliphatic heterocycles. The first kappa shape index (κ1) is 16.8. The zero-order chi connectivity index (χ0) is 19.3. The van der Waals surface area contributed by atoms with E-state index < -0.39 is 23.3 Å². The van der Waals surface area contributed by atoms with Crippen molar-refractivity contribution in [2.24, 2.45) is 0 Å². The first-order chi connectivity index (χ1) is 12.9. The fraction of sp³-hybridized carbons (Fsp3) is 0.222. The zero-order valence-electron chi connectivity index (χ0n) is 14.4. The number of benzene rings is 1. The average molecular weight is 368 g/mol. The predicted molar refractivity (Wildman–Crippen MR) is 96.2 cm³/mol. The van der Waals surface area contributed by atoms with Crippen molar-refractivity contribution in [3.05, 3.63) is 51.3 Å². The van der Waals surface area contributed by atoms with E-state index in [4.69, 9.17) is 10.5 Å². The van der Waals surface area contributed by atoms with Gasteiger partial charge in [0.1, 0.15) is 5.82 Å². The van der Waals surface area contributed by atoms with E-state index in [0.717, 1.165) is 23.5 Å². The van der Waals surface area contributed by atoms with Crippen molar-refractivity contribution in [2.75, 3.05) is 18.2 Å². The summed E-state index contributed by atoms with van der Waals surface area (Å²) >= 11 is 0. The third-order valence-corrected chi connectivity index (χ3v) is 4.55. The summed E-state index contributed by atoms with van der Waals surface area (Å²) in [6.45, 7) is 0. The van der Waals surface area contributed by atoms with Gasteiger partial charge in [0.05, 0.1) is 35.2 Å². The number of esters is 1. The lowest BCUT2D eigenvalue weighted by atomic mass is 10.1. The smallest absolute Gasteiger partial charge is 0.337 e. The van der Waals surface area contributed by atoms with Gasteiger partial charge in [-0.25, -0.2) is 4.79 Å². The molecule has 2 heterocycles. The molecule has 0 saturated heterocycles. The number of pyridine rings is 1. The largest absolute Gasteiger partial charge is 0.465 e. The number of fused-ring (bicyclic) bond motifs is 1. The zero-order valence-corrected chi connectivity index (χ0v) is 14.4. The SMILES string of the molecule is COC(=O)c1ccc(NC2CC2)c(-n2c(N)c3c(cc2=O)C(=O)NC3=O)c1. The van der Waals surface area contributed by atoms with Crippen LogP contribution in [-0.4, -0.2) is 35.5 Å². The Morgan fingerprint density at radius 2 is 1.96 bits per heavy atom. The van der Waals surface area contributed by atoms with Crippen molar-refractivity contribution in [1.29, 1.82) is 0 Å². The topological polar surface area (TPSA) is 133 Å². The molecular weight excluding hydrogens is 352 g/mol. The van der Waals surface area contributed by atoms with Crippen LogP contribution >= 0.6 is 0 Å². The summed E-state index contributed by atoms with van der Waals surface area (Å²) in [5.74, 6) is -2.07. The van der Waals surface area contributed by atoms with E-state index >= 15 is 0 Å². The Morgan fingerprint density at radius 1 is 1.22 bits per heavy atom. The highest BCUT2D eigenvalue weighted by Crippen LogP contribution is 2.31. The number of nitrogens with one attached hydrogen (secondary N) is 2. The van der Waals surface area contributed by atoms with E-state index in [1.54, 1.807) is 12.1 Å². The summed E-state index contributed by atoms with van der Waals surface area (Å²) in [5.41, 5.74) is 6.52. The maximum absolute atomic E-state index is 12.7. The molecule has 1 aromatic carbocycles. The molecule has 9 nitrogen and oxygen atoms in total. The van der Waals surface area contributed by atoms with Gasteiger partial charge in [0.25, 0.3) is 17.4 Å². The molecule has 4 rings (SSSR count). The van der Waals surface area contributed by atoms with Crippen LogP contribution in [-0.2, 0) is 4.74 Å². The molecule has 0 unspecified atom stereocenters. The fourth-order valence-electron chi connectivity index (χ4n) is 3.06. The molecule has 4 N–H and O–H groups in total. The molecular formula is C18H16N4O5. The van der Waals surface area contributed by atoms with Gasteiger partial charge < -0.3 is 15.8 Å². The predicted octanol–water partition coefficient (Wildman–Crippen LogP) is 0.664. The first-order valence-corrected chi connectivity index (χ1v) is 8.31. The van der Waals surface area contributed by atoms with Crippen molar-refractivity contribution in [1.82, 2.24) is 9.88 Å². The van der Waals surface area contributed by atoms with E-state index in [-0.39, 0.29) is 28.6 Å². The Hall–Kier alpha value is -3.62. The molecule has 2 aromatic rings. The average Bonchev–Trinajstić information content (AvgIpc) is 3.40. The Bertz CT molecular complexity index is 1070. The standard InChI is InChI=1S/C18H16N4O5/c1-27-18(26)8-2-5-11(20-9-3-4-9)12(6-8)22-13(23)7-10-14(15(22)19)17(25)21-16(10)24/h2,5-7,9,20H,3-4,19H2,1H3,(H,21,24,25). The summed E-state index contributed by atoms with van der Waals surface area (Å²) in [4.78, 5) is 48.5. The van der Waals surface area contributed by atoms with Crippen LogP contribution in [0.2, 0.25) is 0 Å². The number of carbonyl (C=O) groups excluding carboxylic acids is 3. The highest BCUT2D eigenvalue weighted by Gasteiger charge is 2.32. The molecule has 1 aromatic heterocycles. The lowest BCUT2D eigenvalue weighted by Crippen LogP contribution is -2.25. The van der Waals surface area contributed by atoms with E-state index in [0.29, 0.717) is 11.4 Å². The number of imide groups is 1. The van der Waals surface area contributed by atoms with Crippen molar-refractivity contribution in [2.45, 2.75) is 18.9 Å². The van der Waals surface area contributed by atoms with Crippen LogP contribution in [0.25, 0.3) is 5.69 Å². The summed E-state index contributed by atoms with van der Waals surface area (Å²) < 4.78 is 5.86. The minimum absolute atomic E-state index is 0.0551. The molecule has 1 aliphatic carbocycles. The normalized spacial score (nSPS) is 15.3. The van der Waals surface area contributed by atoms with Gasteiger partial charge in [-0.15, -0.1) is 0 Å². The number of amides is 2. The number of rotatable bonds is 4. The summed E-state index contributed by atoms with van der Waals surface area (Å²) in [7, 11) is 1.25. The number of anilines is 2. The molecule has 2 amide bonds. The Balaban J connectivity index is 1.96. The minimum atomic E-state index is -0.665. The number of aromatic nitrogens is 1. The van der Waals surface area contributed by atoms with Gasteiger partial charge in [-0.2, -0.15) is 0 Å². The van der Waals surface area contributed by atoms with E-state index in [9.17, 15) is 19.2 Å². The van der Waals surface area contributed by atoms with Crippen LogP contribution in [0.1, 0.15) is 43.9 Å². The highest BCUT2D eigenvalue weighted by molar-refractivity contribution is 6.23. The number of methoxy groups -OCH3 is 1. The number of nitrogens with two attached hydrogens (primary N) is 1. The van der Waals surface area contributed by atoms with Gasteiger partial charge in [0, 0.05) is 12.1 Å². The molecule has 1 saturated carbocycles. The van der Waals surface area contributed by atoms with Crippen LogP contribution < -0.4 is 21.9 Å². The number of ether oxygens (including phenoxy) is 1. The van der Waals surface area contributed by atoms with Crippen LogP contribution in [0.4, 0.5) is 11.5 Å². The summed E-state index contributed by atoms with van der Waals surface area (Å²) in [6, 6.07) is 6.03. The monoisotopic (exact) mass is 368 g/mol. The number of nitrogens with zero attached hydrogens (tertiary/aromatic N) is 1. The maximum Gasteiger partial charge on any atom is 0.337 e. The van der Waals surface area contributed by atoms with Gasteiger partial charge in [0.2, 0.25) is 0 Å². The summed E-state index contributed by atoms with van der Waals surface area (Å²) in [5, 5.41) is 5.40. The van der Waals surface area contributed by atoms with E-state index in [1.807, 2.05) is 0 Å².